The first kappa shape index (κ1) is 27.0. The molecule has 0 aromatic heterocycles. The predicted octanol–water partition coefficient (Wildman–Crippen LogP) is 9.36. The molecule has 0 fully saturated rings. The van der Waals surface area contributed by atoms with Gasteiger partial charge in [0.25, 0.3) is 0 Å². The summed E-state index contributed by atoms with van der Waals surface area (Å²) in [7, 11) is 0. The number of unbranched alkanes of at least 4 members (excludes halogenated alkanes) is 19. The highest BCUT2D eigenvalue weighted by molar-refractivity contribution is 4.58. The summed E-state index contributed by atoms with van der Waals surface area (Å²) in [5.41, 5.74) is 0. The number of aliphatic hydroxyl groups is 1. The summed E-state index contributed by atoms with van der Waals surface area (Å²) >= 11 is 0. The highest BCUT2D eigenvalue weighted by atomic mass is 16.3. The average molecular weight is 383 g/mol. The van der Waals surface area contributed by atoms with Gasteiger partial charge in [0.1, 0.15) is 0 Å². The summed E-state index contributed by atoms with van der Waals surface area (Å²) in [6.45, 7) is 4.57. The Morgan fingerprint density at radius 1 is 0.370 bits per heavy atom. The van der Waals surface area contributed by atoms with Crippen molar-refractivity contribution in [2.75, 3.05) is 0 Å². The van der Waals surface area contributed by atoms with Crippen LogP contribution >= 0.6 is 0 Å². The smallest absolute Gasteiger partial charge is 0.0540 e. The zero-order chi connectivity index (χ0) is 19.8. The summed E-state index contributed by atoms with van der Waals surface area (Å²) in [5.74, 6) is 0. The number of rotatable bonds is 23. The van der Waals surface area contributed by atoms with E-state index in [-0.39, 0.29) is 6.10 Å². The van der Waals surface area contributed by atoms with Crippen molar-refractivity contribution in [2.24, 2.45) is 0 Å². The molecule has 0 radical (unpaired) electrons. The molecule has 0 aromatic carbocycles. The maximum Gasteiger partial charge on any atom is 0.0540 e. The molecule has 0 spiro atoms. The zero-order valence-electron chi connectivity index (χ0n) is 19.3. The van der Waals surface area contributed by atoms with Crippen molar-refractivity contribution in [1.82, 2.24) is 0 Å². The summed E-state index contributed by atoms with van der Waals surface area (Å²) in [6.07, 6.45) is 31.1. The molecular weight excluding hydrogens is 328 g/mol. The number of hydrogen-bond donors (Lipinski definition) is 1. The van der Waals surface area contributed by atoms with Crippen LogP contribution in [-0.4, -0.2) is 11.2 Å². The van der Waals surface area contributed by atoms with Crippen LogP contribution in [0.5, 0.6) is 0 Å². The highest BCUT2D eigenvalue weighted by Crippen LogP contribution is 2.16. The van der Waals surface area contributed by atoms with E-state index in [2.05, 4.69) is 13.8 Å². The Bertz CT molecular complexity index is 251. The third-order valence-electron chi connectivity index (χ3n) is 6.03. The summed E-state index contributed by atoms with van der Waals surface area (Å²) in [6, 6.07) is 0. The van der Waals surface area contributed by atoms with E-state index in [4.69, 9.17) is 0 Å². The van der Waals surface area contributed by atoms with E-state index >= 15 is 0 Å². The normalized spacial score (nSPS) is 12.6. The zero-order valence-corrected chi connectivity index (χ0v) is 19.3. The largest absolute Gasteiger partial charge is 0.393 e. The molecule has 0 saturated heterocycles. The number of hydrogen-bond acceptors (Lipinski definition) is 1. The monoisotopic (exact) mass is 382 g/mol. The Hall–Kier alpha value is -0.0400. The molecule has 0 aromatic rings. The lowest BCUT2D eigenvalue weighted by atomic mass is 10.0. The van der Waals surface area contributed by atoms with Crippen LogP contribution in [0.15, 0.2) is 0 Å². The van der Waals surface area contributed by atoms with Crippen molar-refractivity contribution >= 4 is 0 Å². The third-order valence-corrected chi connectivity index (χ3v) is 6.03. The fourth-order valence-corrected chi connectivity index (χ4v) is 4.06. The van der Waals surface area contributed by atoms with Gasteiger partial charge >= 0.3 is 0 Å². The van der Waals surface area contributed by atoms with E-state index in [0.717, 1.165) is 12.8 Å². The van der Waals surface area contributed by atoms with Gasteiger partial charge in [-0.2, -0.15) is 0 Å². The van der Waals surface area contributed by atoms with Gasteiger partial charge in [-0.25, -0.2) is 0 Å². The molecule has 0 saturated carbocycles. The van der Waals surface area contributed by atoms with Crippen LogP contribution in [0, 0.1) is 0 Å². The Morgan fingerprint density at radius 3 is 0.852 bits per heavy atom. The quantitative estimate of drug-likeness (QED) is 0.174. The van der Waals surface area contributed by atoms with E-state index < -0.39 is 0 Å². The SMILES string of the molecule is CCCCCCCCCCCCCC(O)CCCCCCCCCCCC. The second-order valence-corrected chi connectivity index (χ2v) is 8.95. The van der Waals surface area contributed by atoms with Gasteiger partial charge in [0, 0.05) is 0 Å². The Morgan fingerprint density at radius 2 is 0.593 bits per heavy atom. The van der Waals surface area contributed by atoms with Crippen molar-refractivity contribution in [2.45, 2.75) is 168 Å². The molecule has 0 bridgehead atoms. The molecule has 1 heteroatoms. The van der Waals surface area contributed by atoms with Crippen molar-refractivity contribution in [3.05, 3.63) is 0 Å². The molecule has 0 aliphatic carbocycles. The van der Waals surface area contributed by atoms with Crippen molar-refractivity contribution in [3.8, 4) is 0 Å². The predicted molar refractivity (Wildman–Crippen MR) is 124 cm³/mol. The van der Waals surface area contributed by atoms with Crippen LogP contribution in [0.25, 0.3) is 0 Å². The summed E-state index contributed by atoms with van der Waals surface area (Å²) in [5, 5.41) is 10.1. The molecule has 164 valence electrons. The minimum Gasteiger partial charge on any atom is -0.393 e. The minimum absolute atomic E-state index is 0.0300. The van der Waals surface area contributed by atoms with Gasteiger partial charge in [0.05, 0.1) is 6.10 Å². The van der Waals surface area contributed by atoms with E-state index in [1.165, 1.54) is 135 Å². The molecule has 1 atom stereocenters. The third kappa shape index (κ3) is 23.9. The second-order valence-electron chi connectivity index (χ2n) is 8.95. The standard InChI is InChI=1S/C26H54O/c1-3-5-7-9-11-13-15-17-19-21-23-25-26(27)24-22-20-18-16-14-12-10-8-6-4-2/h26-27H,3-25H2,1-2H3. The van der Waals surface area contributed by atoms with Crippen LogP contribution in [0.1, 0.15) is 162 Å². The second kappa shape index (κ2) is 24.0. The molecule has 1 nitrogen and oxygen atoms in total. The van der Waals surface area contributed by atoms with Gasteiger partial charge in [0.2, 0.25) is 0 Å². The summed E-state index contributed by atoms with van der Waals surface area (Å²) < 4.78 is 0. The number of aliphatic hydroxyl groups excluding tert-OH is 1. The van der Waals surface area contributed by atoms with Crippen molar-refractivity contribution in [1.29, 1.82) is 0 Å². The fourth-order valence-electron chi connectivity index (χ4n) is 4.06. The first-order chi connectivity index (χ1) is 13.3. The van der Waals surface area contributed by atoms with Crippen LogP contribution in [0.3, 0.4) is 0 Å². The maximum absolute atomic E-state index is 10.1. The minimum atomic E-state index is -0.0300. The topological polar surface area (TPSA) is 20.2 Å². The van der Waals surface area contributed by atoms with Gasteiger partial charge in [-0.1, -0.05) is 149 Å². The van der Waals surface area contributed by atoms with Gasteiger partial charge in [-0.3, -0.25) is 0 Å². The average Bonchev–Trinajstić information content (AvgIpc) is 2.67. The molecule has 0 rings (SSSR count). The Labute approximate surface area is 173 Å². The van der Waals surface area contributed by atoms with Crippen molar-refractivity contribution < 1.29 is 5.11 Å². The van der Waals surface area contributed by atoms with Gasteiger partial charge in [0.15, 0.2) is 0 Å². The molecular formula is C26H54O. The van der Waals surface area contributed by atoms with Gasteiger partial charge < -0.3 is 5.11 Å². The molecule has 27 heavy (non-hydrogen) atoms. The van der Waals surface area contributed by atoms with Crippen LogP contribution in [-0.2, 0) is 0 Å². The van der Waals surface area contributed by atoms with E-state index in [1.807, 2.05) is 0 Å². The van der Waals surface area contributed by atoms with E-state index in [9.17, 15) is 5.11 Å². The van der Waals surface area contributed by atoms with E-state index in [1.54, 1.807) is 0 Å². The lowest BCUT2D eigenvalue weighted by Crippen LogP contribution is -2.05. The van der Waals surface area contributed by atoms with Crippen LogP contribution < -0.4 is 0 Å². The Balaban J connectivity index is 3.12. The van der Waals surface area contributed by atoms with Crippen LogP contribution in [0.2, 0.25) is 0 Å². The fraction of sp³-hybridized carbons (Fsp3) is 1.00. The molecule has 0 heterocycles. The molecule has 1 unspecified atom stereocenters. The Kier molecular flexibility index (Phi) is 24.0. The van der Waals surface area contributed by atoms with Crippen molar-refractivity contribution in [3.63, 3.8) is 0 Å². The van der Waals surface area contributed by atoms with Crippen LogP contribution in [0.4, 0.5) is 0 Å². The van der Waals surface area contributed by atoms with Gasteiger partial charge in [-0.15, -0.1) is 0 Å². The maximum atomic E-state index is 10.1. The first-order valence-electron chi connectivity index (χ1n) is 13.0. The van der Waals surface area contributed by atoms with E-state index in [0.29, 0.717) is 0 Å². The molecule has 0 aliphatic heterocycles. The molecule has 0 aliphatic rings. The molecule has 1 N–H and O–H groups in total. The lowest BCUT2D eigenvalue weighted by molar-refractivity contribution is 0.147. The lowest BCUT2D eigenvalue weighted by Gasteiger charge is -2.10. The highest BCUT2D eigenvalue weighted by Gasteiger charge is 2.03. The first-order valence-corrected chi connectivity index (χ1v) is 13.0. The molecule has 0 amide bonds. The van der Waals surface area contributed by atoms with Gasteiger partial charge in [-0.05, 0) is 12.8 Å². The summed E-state index contributed by atoms with van der Waals surface area (Å²) in [4.78, 5) is 0.